The van der Waals surface area contributed by atoms with Crippen molar-refractivity contribution in [2.45, 2.75) is 6.42 Å². The number of pyridine rings is 1. The average molecular weight is 161 g/mol. The van der Waals surface area contributed by atoms with E-state index in [1.807, 2.05) is 12.3 Å². The molecule has 0 aliphatic heterocycles. The van der Waals surface area contributed by atoms with Crippen LogP contribution in [0.25, 0.3) is 11.0 Å². The summed E-state index contributed by atoms with van der Waals surface area (Å²) in [7, 11) is 0. The standard InChI is InChI=1S/C9H9N2O/c12-6-3-7-1-4-10-9-8(7)2-5-11-9/h2,4-5,12H,3,6H2,(H,10,11). The molecule has 0 atom stereocenters. The average Bonchev–Trinajstić information content (AvgIpc) is 2.53. The molecule has 12 heavy (non-hydrogen) atoms. The van der Waals surface area contributed by atoms with E-state index in [4.69, 9.17) is 5.11 Å². The molecule has 2 aromatic rings. The molecule has 0 aliphatic carbocycles. The molecule has 0 bridgehead atoms. The molecule has 0 fully saturated rings. The Balaban J connectivity index is 2.57. The number of fused-ring (bicyclic) bond motifs is 1. The summed E-state index contributed by atoms with van der Waals surface area (Å²) in [6, 6.07) is 4.96. The van der Waals surface area contributed by atoms with Crippen molar-refractivity contribution >= 4 is 11.0 Å². The second kappa shape index (κ2) is 2.95. The normalized spacial score (nSPS) is 10.8. The van der Waals surface area contributed by atoms with Gasteiger partial charge in [-0.2, -0.15) is 0 Å². The molecule has 0 amide bonds. The first kappa shape index (κ1) is 7.31. The van der Waals surface area contributed by atoms with E-state index in [0.717, 1.165) is 16.6 Å². The van der Waals surface area contributed by atoms with Gasteiger partial charge in [-0.05, 0) is 18.1 Å². The summed E-state index contributed by atoms with van der Waals surface area (Å²) >= 11 is 0. The minimum absolute atomic E-state index is 0.154. The Morgan fingerprint density at radius 3 is 3.33 bits per heavy atom. The third-order valence-electron chi connectivity index (χ3n) is 1.84. The minimum Gasteiger partial charge on any atom is -0.396 e. The summed E-state index contributed by atoms with van der Waals surface area (Å²) < 4.78 is 0. The Morgan fingerprint density at radius 2 is 2.50 bits per heavy atom. The van der Waals surface area contributed by atoms with Crippen LogP contribution in [-0.2, 0) is 6.42 Å². The van der Waals surface area contributed by atoms with Gasteiger partial charge in [0, 0.05) is 30.5 Å². The van der Waals surface area contributed by atoms with Crippen molar-refractivity contribution in [1.29, 1.82) is 0 Å². The van der Waals surface area contributed by atoms with Crippen molar-refractivity contribution in [3.05, 3.63) is 30.1 Å². The number of aromatic amines is 1. The maximum Gasteiger partial charge on any atom is 0.137 e. The Labute approximate surface area is 70.1 Å². The quantitative estimate of drug-likeness (QED) is 0.687. The fourth-order valence-electron chi connectivity index (χ4n) is 1.28. The van der Waals surface area contributed by atoms with Crippen molar-refractivity contribution < 1.29 is 5.11 Å². The van der Waals surface area contributed by atoms with Gasteiger partial charge in [-0.15, -0.1) is 0 Å². The van der Waals surface area contributed by atoms with E-state index in [-0.39, 0.29) is 6.61 Å². The number of aliphatic hydroxyl groups is 1. The van der Waals surface area contributed by atoms with Crippen LogP contribution in [0, 0.1) is 6.07 Å². The predicted molar refractivity (Wildman–Crippen MR) is 45.7 cm³/mol. The Hall–Kier alpha value is -1.35. The predicted octanol–water partition coefficient (Wildman–Crippen LogP) is 0.898. The lowest BCUT2D eigenvalue weighted by Crippen LogP contribution is -1.92. The van der Waals surface area contributed by atoms with Gasteiger partial charge < -0.3 is 10.1 Å². The van der Waals surface area contributed by atoms with E-state index >= 15 is 0 Å². The zero-order chi connectivity index (χ0) is 8.39. The summed E-state index contributed by atoms with van der Waals surface area (Å²) in [5, 5.41) is 9.81. The van der Waals surface area contributed by atoms with Gasteiger partial charge in [-0.3, -0.25) is 0 Å². The third kappa shape index (κ3) is 1.08. The van der Waals surface area contributed by atoms with Crippen LogP contribution in [0.5, 0.6) is 0 Å². The van der Waals surface area contributed by atoms with Crippen LogP contribution in [0.1, 0.15) is 5.56 Å². The van der Waals surface area contributed by atoms with Crippen molar-refractivity contribution in [1.82, 2.24) is 9.97 Å². The topological polar surface area (TPSA) is 48.9 Å². The van der Waals surface area contributed by atoms with Gasteiger partial charge in [0.1, 0.15) is 5.65 Å². The number of aromatic nitrogens is 2. The van der Waals surface area contributed by atoms with Gasteiger partial charge in [-0.25, -0.2) is 4.98 Å². The molecule has 0 aromatic carbocycles. The molecular formula is C9H9N2O. The second-order valence-electron chi connectivity index (χ2n) is 2.59. The third-order valence-corrected chi connectivity index (χ3v) is 1.84. The van der Waals surface area contributed by atoms with E-state index in [1.165, 1.54) is 0 Å². The number of aliphatic hydroxyl groups excluding tert-OH is 1. The summed E-state index contributed by atoms with van der Waals surface area (Å²) in [6.07, 6.45) is 4.10. The van der Waals surface area contributed by atoms with Crippen LogP contribution in [0.15, 0.2) is 18.5 Å². The number of H-pyrrole nitrogens is 1. The smallest absolute Gasteiger partial charge is 0.137 e. The largest absolute Gasteiger partial charge is 0.396 e. The van der Waals surface area contributed by atoms with Crippen LogP contribution >= 0.6 is 0 Å². The Bertz CT molecular complexity index is 381. The van der Waals surface area contributed by atoms with Gasteiger partial charge in [0.15, 0.2) is 0 Å². The van der Waals surface area contributed by atoms with Gasteiger partial charge >= 0.3 is 0 Å². The Kier molecular flexibility index (Phi) is 1.80. The first-order chi connectivity index (χ1) is 5.92. The maximum absolute atomic E-state index is 8.77. The molecule has 3 nitrogen and oxygen atoms in total. The van der Waals surface area contributed by atoms with Crippen LogP contribution in [-0.4, -0.2) is 21.7 Å². The molecule has 0 aliphatic rings. The number of nitrogens with one attached hydrogen (secondary N) is 1. The highest BCUT2D eigenvalue weighted by atomic mass is 16.2. The Morgan fingerprint density at radius 1 is 1.58 bits per heavy atom. The first-order valence-corrected chi connectivity index (χ1v) is 3.85. The van der Waals surface area contributed by atoms with Crippen molar-refractivity contribution in [2.75, 3.05) is 6.61 Å². The molecule has 0 unspecified atom stereocenters. The molecule has 1 radical (unpaired) electrons. The molecule has 2 rings (SSSR count). The maximum atomic E-state index is 8.77. The molecule has 0 saturated carbocycles. The fourth-order valence-corrected chi connectivity index (χ4v) is 1.28. The first-order valence-electron chi connectivity index (χ1n) is 3.85. The molecular weight excluding hydrogens is 152 g/mol. The van der Waals surface area contributed by atoms with Gasteiger partial charge in [0.2, 0.25) is 0 Å². The van der Waals surface area contributed by atoms with E-state index < -0.39 is 0 Å². The van der Waals surface area contributed by atoms with Crippen molar-refractivity contribution in [3.8, 4) is 0 Å². The fraction of sp³-hybridized carbons (Fsp3) is 0.222. The van der Waals surface area contributed by atoms with Crippen LogP contribution < -0.4 is 0 Å². The number of nitrogens with zero attached hydrogens (tertiary/aromatic N) is 1. The molecule has 0 spiro atoms. The van der Waals surface area contributed by atoms with Crippen molar-refractivity contribution in [2.24, 2.45) is 0 Å². The van der Waals surface area contributed by atoms with Crippen LogP contribution in [0.3, 0.4) is 0 Å². The molecule has 0 saturated heterocycles. The number of hydrogen-bond acceptors (Lipinski definition) is 2. The summed E-state index contributed by atoms with van der Waals surface area (Å²) in [5.41, 5.74) is 1.88. The van der Waals surface area contributed by atoms with Crippen LogP contribution in [0.4, 0.5) is 0 Å². The summed E-state index contributed by atoms with van der Waals surface area (Å²) in [4.78, 5) is 7.10. The monoisotopic (exact) mass is 161 g/mol. The lowest BCUT2D eigenvalue weighted by Gasteiger charge is -1.97. The minimum atomic E-state index is 0.154. The highest BCUT2D eigenvalue weighted by Gasteiger charge is 2.00. The van der Waals surface area contributed by atoms with E-state index in [0.29, 0.717) is 6.42 Å². The highest BCUT2D eigenvalue weighted by molar-refractivity contribution is 5.78. The lowest BCUT2D eigenvalue weighted by atomic mass is 10.1. The highest BCUT2D eigenvalue weighted by Crippen LogP contribution is 2.14. The van der Waals surface area contributed by atoms with Crippen molar-refractivity contribution in [3.63, 3.8) is 0 Å². The van der Waals surface area contributed by atoms with Crippen LogP contribution in [0.2, 0.25) is 0 Å². The molecule has 61 valence electrons. The van der Waals surface area contributed by atoms with Gasteiger partial charge in [-0.1, -0.05) is 0 Å². The van der Waals surface area contributed by atoms with E-state index in [9.17, 15) is 0 Å². The molecule has 3 heteroatoms. The van der Waals surface area contributed by atoms with Gasteiger partial charge in [0.25, 0.3) is 0 Å². The zero-order valence-electron chi connectivity index (χ0n) is 6.54. The molecule has 2 heterocycles. The summed E-state index contributed by atoms with van der Waals surface area (Å²) in [5.74, 6) is 0. The van der Waals surface area contributed by atoms with Gasteiger partial charge in [0.05, 0.1) is 0 Å². The second-order valence-corrected chi connectivity index (χ2v) is 2.59. The molecule has 2 N–H and O–H groups in total. The SMILES string of the molecule is OCCc1[c]cnc2[nH]ccc12. The molecule has 2 aromatic heterocycles. The lowest BCUT2D eigenvalue weighted by molar-refractivity contribution is 0.300. The van der Waals surface area contributed by atoms with E-state index in [1.54, 1.807) is 6.20 Å². The van der Waals surface area contributed by atoms with E-state index in [2.05, 4.69) is 16.0 Å². The zero-order valence-corrected chi connectivity index (χ0v) is 6.54. The number of hydrogen-bond donors (Lipinski definition) is 2. The number of rotatable bonds is 2. The summed E-state index contributed by atoms with van der Waals surface area (Å²) in [6.45, 7) is 0.154.